The van der Waals surface area contributed by atoms with Crippen molar-refractivity contribution in [3.8, 4) is 5.75 Å². The van der Waals surface area contributed by atoms with Crippen LogP contribution in [0.3, 0.4) is 0 Å². The van der Waals surface area contributed by atoms with Crippen LogP contribution in [0.1, 0.15) is 45.6 Å². The lowest BCUT2D eigenvalue weighted by Gasteiger charge is -2.39. The summed E-state index contributed by atoms with van der Waals surface area (Å²) in [4.78, 5) is 20.0. The molecule has 5 rings (SSSR count). The Balaban J connectivity index is 1.61. The Labute approximate surface area is 187 Å². The molecule has 6 heteroatoms. The van der Waals surface area contributed by atoms with Gasteiger partial charge >= 0.3 is 0 Å². The first-order valence-corrected chi connectivity index (χ1v) is 10.6. The van der Waals surface area contributed by atoms with Crippen LogP contribution in [-0.2, 0) is 0 Å². The van der Waals surface area contributed by atoms with E-state index < -0.39 is 0 Å². The lowest BCUT2D eigenvalue weighted by molar-refractivity contribution is 0.0963. The molecule has 1 aromatic heterocycles. The predicted octanol–water partition coefficient (Wildman–Crippen LogP) is 4.98. The number of carbonyl (C=O) groups excluding carboxylic acids is 1. The van der Waals surface area contributed by atoms with Crippen LogP contribution in [0.15, 0.2) is 85.2 Å². The third kappa shape index (κ3) is 3.54. The first-order chi connectivity index (χ1) is 15.7. The molecule has 0 bridgehead atoms. The Morgan fingerprint density at radius 1 is 0.906 bits per heavy atom. The molecule has 0 saturated carbocycles. The molecule has 1 amide bonds. The van der Waals surface area contributed by atoms with Gasteiger partial charge in [-0.3, -0.25) is 9.69 Å². The first kappa shape index (κ1) is 20.0. The van der Waals surface area contributed by atoms with E-state index in [0.717, 1.165) is 11.1 Å². The number of hydrogen-bond donors (Lipinski definition) is 0. The lowest BCUT2D eigenvalue weighted by Crippen LogP contribution is -2.42. The Bertz CT molecular complexity index is 1220. The van der Waals surface area contributed by atoms with Gasteiger partial charge in [-0.05, 0) is 48.7 Å². The van der Waals surface area contributed by atoms with Gasteiger partial charge in [0.05, 0.1) is 19.2 Å². The standard InChI is InChI=1S/C26H24N4O2/c1-18-8-10-20(11-9-18)24-16-23(19-6-4-3-5-7-19)29(26-27-17-28-30(24)26)25(31)21-12-14-22(32-2)15-13-21/h3-15,17,23-24H,16H2,1-2H3/t23-,24+/m0/s1. The molecule has 0 fully saturated rings. The number of aryl methyl sites for hydroxylation is 1. The van der Waals surface area contributed by atoms with Crippen LogP contribution in [-0.4, -0.2) is 27.8 Å². The summed E-state index contributed by atoms with van der Waals surface area (Å²) >= 11 is 0. The number of amides is 1. The maximum Gasteiger partial charge on any atom is 0.261 e. The summed E-state index contributed by atoms with van der Waals surface area (Å²) in [5, 5.41) is 4.51. The fraction of sp³-hybridized carbons (Fsp3) is 0.192. The van der Waals surface area contributed by atoms with Gasteiger partial charge in [0.15, 0.2) is 0 Å². The van der Waals surface area contributed by atoms with Crippen LogP contribution < -0.4 is 9.64 Å². The Morgan fingerprint density at radius 3 is 2.28 bits per heavy atom. The number of rotatable bonds is 4. The van der Waals surface area contributed by atoms with E-state index in [4.69, 9.17) is 4.74 Å². The molecule has 0 unspecified atom stereocenters. The molecule has 1 aliphatic heterocycles. The summed E-state index contributed by atoms with van der Waals surface area (Å²) in [6, 6.07) is 25.6. The number of ether oxygens (including phenoxy) is 1. The number of aromatic nitrogens is 3. The van der Waals surface area contributed by atoms with E-state index in [1.807, 2.05) is 22.9 Å². The summed E-state index contributed by atoms with van der Waals surface area (Å²) in [6.07, 6.45) is 2.23. The lowest BCUT2D eigenvalue weighted by atomic mass is 9.91. The van der Waals surface area contributed by atoms with E-state index in [1.165, 1.54) is 11.9 Å². The number of hydrogen-bond acceptors (Lipinski definition) is 4. The van der Waals surface area contributed by atoms with E-state index >= 15 is 0 Å². The SMILES string of the molecule is COc1ccc(C(=O)N2c3ncnn3[C@@H](c3ccc(C)cc3)C[C@H]2c2ccccc2)cc1. The van der Waals surface area contributed by atoms with Crippen molar-refractivity contribution >= 4 is 11.9 Å². The van der Waals surface area contributed by atoms with Crippen molar-refractivity contribution in [3.63, 3.8) is 0 Å². The molecule has 32 heavy (non-hydrogen) atoms. The highest BCUT2D eigenvalue weighted by molar-refractivity contribution is 6.06. The van der Waals surface area contributed by atoms with Gasteiger partial charge in [0.25, 0.3) is 5.91 Å². The molecule has 0 N–H and O–H groups in total. The highest BCUT2D eigenvalue weighted by Gasteiger charge is 2.39. The van der Waals surface area contributed by atoms with Gasteiger partial charge in [0, 0.05) is 5.56 Å². The first-order valence-electron chi connectivity index (χ1n) is 10.6. The van der Waals surface area contributed by atoms with E-state index in [1.54, 1.807) is 36.3 Å². The van der Waals surface area contributed by atoms with Crippen molar-refractivity contribution in [2.75, 3.05) is 12.0 Å². The quantitative estimate of drug-likeness (QED) is 0.464. The van der Waals surface area contributed by atoms with Gasteiger partial charge in [-0.2, -0.15) is 10.1 Å². The van der Waals surface area contributed by atoms with Crippen LogP contribution in [0.25, 0.3) is 0 Å². The van der Waals surface area contributed by atoms with Crippen molar-refractivity contribution in [2.24, 2.45) is 0 Å². The predicted molar refractivity (Wildman–Crippen MR) is 123 cm³/mol. The zero-order valence-electron chi connectivity index (χ0n) is 18.1. The molecule has 6 nitrogen and oxygen atoms in total. The van der Waals surface area contributed by atoms with Crippen molar-refractivity contribution < 1.29 is 9.53 Å². The average Bonchev–Trinajstić information content (AvgIpc) is 3.34. The highest BCUT2D eigenvalue weighted by atomic mass is 16.5. The van der Waals surface area contributed by atoms with Crippen molar-refractivity contribution in [3.05, 3.63) is 107 Å². The van der Waals surface area contributed by atoms with Gasteiger partial charge in [-0.15, -0.1) is 0 Å². The minimum Gasteiger partial charge on any atom is -0.497 e. The topological polar surface area (TPSA) is 60.2 Å². The molecule has 4 aromatic rings. The minimum absolute atomic E-state index is 0.0155. The fourth-order valence-corrected chi connectivity index (χ4v) is 4.32. The molecular formula is C26H24N4O2. The Hall–Kier alpha value is -3.93. The second-order valence-electron chi connectivity index (χ2n) is 8.00. The van der Waals surface area contributed by atoms with E-state index in [2.05, 4.69) is 53.4 Å². The van der Waals surface area contributed by atoms with Gasteiger partial charge in [-0.25, -0.2) is 4.68 Å². The summed E-state index contributed by atoms with van der Waals surface area (Å²) in [7, 11) is 1.61. The molecule has 0 radical (unpaired) electrons. The summed E-state index contributed by atoms with van der Waals surface area (Å²) < 4.78 is 7.12. The van der Waals surface area contributed by atoms with Gasteiger partial charge in [0.1, 0.15) is 12.1 Å². The normalized spacial score (nSPS) is 17.6. The van der Waals surface area contributed by atoms with Crippen LogP contribution in [0.5, 0.6) is 5.75 Å². The summed E-state index contributed by atoms with van der Waals surface area (Å²) in [5.74, 6) is 1.15. The molecule has 1 aliphatic rings. The van der Waals surface area contributed by atoms with Gasteiger partial charge < -0.3 is 4.74 Å². The minimum atomic E-state index is -0.172. The van der Waals surface area contributed by atoms with Crippen LogP contribution >= 0.6 is 0 Å². The van der Waals surface area contributed by atoms with Crippen LogP contribution in [0.4, 0.5) is 5.95 Å². The van der Waals surface area contributed by atoms with E-state index in [9.17, 15) is 4.79 Å². The number of benzene rings is 3. The number of nitrogens with zero attached hydrogens (tertiary/aromatic N) is 4. The van der Waals surface area contributed by atoms with E-state index in [0.29, 0.717) is 23.7 Å². The Kier molecular flexibility index (Phi) is 5.19. The molecule has 0 spiro atoms. The Morgan fingerprint density at radius 2 is 1.59 bits per heavy atom. The molecule has 0 aliphatic carbocycles. The zero-order valence-corrected chi connectivity index (χ0v) is 18.1. The molecule has 2 heterocycles. The van der Waals surface area contributed by atoms with Crippen LogP contribution in [0.2, 0.25) is 0 Å². The second kappa shape index (κ2) is 8.30. The number of anilines is 1. The van der Waals surface area contributed by atoms with Gasteiger partial charge in [0.2, 0.25) is 5.95 Å². The summed E-state index contributed by atoms with van der Waals surface area (Å²) in [5.41, 5.74) is 4.01. The zero-order chi connectivity index (χ0) is 22.1. The largest absolute Gasteiger partial charge is 0.497 e. The molecule has 0 saturated heterocycles. The van der Waals surface area contributed by atoms with Gasteiger partial charge in [-0.1, -0.05) is 60.2 Å². The molecular weight excluding hydrogens is 400 g/mol. The monoisotopic (exact) mass is 424 g/mol. The third-order valence-electron chi connectivity index (χ3n) is 6.03. The number of carbonyl (C=O) groups is 1. The maximum atomic E-state index is 13.7. The smallest absolute Gasteiger partial charge is 0.261 e. The third-order valence-corrected chi connectivity index (χ3v) is 6.03. The van der Waals surface area contributed by atoms with Crippen molar-refractivity contribution in [1.29, 1.82) is 0 Å². The second-order valence-corrected chi connectivity index (χ2v) is 8.00. The van der Waals surface area contributed by atoms with Crippen molar-refractivity contribution in [1.82, 2.24) is 14.8 Å². The van der Waals surface area contributed by atoms with Crippen molar-refractivity contribution in [2.45, 2.75) is 25.4 Å². The maximum absolute atomic E-state index is 13.7. The summed E-state index contributed by atoms with van der Waals surface area (Å²) in [6.45, 7) is 2.08. The molecule has 2 atom stereocenters. The average molecular weight is 425 g/mol. The van der Waals surface area contributed by atoms with E-state index in [-0.39, 0.29) is 18.0 Å². The number of methoxy groups -OCH3 is 1. The van der Waals surface area contributed by atoms with Crippen LogP contribution in [0, 0.1) is 6.92 Å². The highest BCUT2D eigenvalue weighted by Crippen LogP contribution is 2.42. The molecule has 3 aromatic carbocycles. The fourth-order valence-electron chi connectivity index (χ4n) is 4.32. The number of fused-ring (bicyclic) bond motifs is 1. The molecule has 160 valence electrons.